The van der Waals surface area contributed by atoms with E-state index in [-0.39, 0.29) is 11.5 Å². The monoisotopic (exact) mass is 270 g/mol. The first-order chi connectivity index (χ1) is 8.61. The van der Waals surface area contributed by atoms with E-state index in [1.165, 1.54) is 12.1 Å². The molecule has 1 heterocycles. The van der Waals surface area contributed by atoms with Gasteiger partial charge in [-0.1, -0.05) is 18.5 Å². The van der Waals surface area contributed by atoms with Crippen molar-refractivity contribution in [2.45, 2.75) is 6.92 Å². The number of piperazine rings is 1. The third kappa shape index (κ3) is 2.82. The first-order valence-corrected chi connectivity index (χ1v) is 6.46. The molecular formula is C13H16ClFN2O. The standard InChI is InChI=1S/C13H16ClFN2O/c1-2-16-5-7-17(8-6-16)13(18)11-4-3-10(14)9-12(11)15/h3-4,9H,2,5-8H2,1H3. The summed E-state index contributed by atoms with van der Waals surface area (Å²) in [5.74, 6) is -0.801. The lowest BCUT2D eigenvalue weighted by molar-refractivity contribution is 0.0639. The van der Waals surface area contributed by atoms with Crippen LogP contribution in [0.2, 0.25) is 5.02 Å². The van der Waals surface area contributed by atoms with E-state index in [0.29, 0.717) is 18.1 Å². The number of halogens is 2. The Bertz CT molecular complexity index is 445. The maximum Gasteiger partial charge on any atom is 0.256 e. The molecule has 0 spiro atoms. The predicted molar refractivity (Wildman–Crippen MR) is 69.4 cm³/mol. The molecule has 1 aromatic carbocycles. The predicted octanol–water partition coefficient (Wildman–Crippen LogP) is 2.26. The minimum Gasteiger partial charge on any atom is -0.336 e. The van der Waals surface area contributed by atoms with Gasteiger partial charge in [0.1, 0.15) is 5.82 Å². The number of likely N-dealkylation sites (N-methyl/N-ethyl adjacent to an activating group) is 1. The summed E-state index contributed by atoms with van der Waals surface area (Å²) < 4.78 is 13.7. The molecule has 1 aliphatic rings. The summed E-state index contributed by atoms with van der Waals surface area (Å²) in [6.07, 6.45) is 0. The molecule has 1 fully saturated rings. The maximum absolute atomic E-state index is 13.7. The van der Waals surface area contributed by atoms with Crippen LogP contribution in [-0.2, 0) is 0 Å². The Hall–Kier alpha value is -1.13. The molecule has 1 aliphatic heterocycles. The van der Waals surface area contributed by atoms with Gasteiger partial charge in [-0.15, -0.1) is 0 Å². The number of carbonyl (C=O) groups is 1. The minimum atomic E-state index is -0.551. The quantitative estimate of drug-likeness (QED) is 0.823. The average Bonchev–Trinajstić information content (AvgIpc) is 2.38. The Morgan fingerprint density at radius 1 is 1.33 bits per heavy atom. The molecule has 1 amide bonds. The summed E-state index contributed by atoms with van der Waals surface area (Å²) in [5.41, 5.74) is 0.101. The second-order valence-corrected chi connectivity index (χ2v) is 4.79. The fourth-order valence-electron chi connectivity index (χ4n) is 2.10. The number of hydrogen-bond donors (Lipinski definition) is 0. The number of rotatable bonds is 2. The molecule has 0 aliphatic carbocycles. The zero-order chi connectivity index (χ0) is 13.1. The molecule has 0 atom stereocenters. The van der Waals surface area contributed by atoms with Gasteiger partial charge in [-0.2, -0.15) is 0 Å². The average molecular weight is 271 g/mol. The molecule has 98 valence electrons. The van der Waals surface area contributed by atoms with Crippen LogP contribution in [0.5, 0.6) is 0 Å². The molecule has 0 aromatic heterocycles. The van der Waals surface area contributed by atoms with Crippen molar-refractivity contribution in [3.05, 3.63) is 34.6 Å². The Morgan fingerprint density at radius 3 is 2.56 bits per heavy atom. The first-order valence-electron chi connectivity index (χ1n) is 6.08. The zero-order valence-corrected chi connectivity index (χ0v) is 11.1. The highest BCUT2D eigenvalue weighted by atomic mass is 35.5. The van der Waals surface area contributed by atoms with Crippen molar-refractivity contribution in [3.8, 4) is 0 Å². The van der Waals surface area contributed by atoms with Crippen LogP contribution in [-0.4, -0.2) is 48.4 Å². The normalized spacial score (nSPS) is 16.9. The molecule has 0 unspecified atom stereocenters. The molecule has 0 bridgehead atoms. The fraction of sp³-hybridized carbons (Fsp3) is 0.462. The summed E-state index contributed by atoms with van der Waals surface area (Å²) in [5, 5.41) is 0.305. The number of carbonyl (C=O) groups excluding carboxylic acids is 1. The third-order valence-electron chi connectivity index (χ3n) is 3.27. The van der Waals surface area contributed by atoms with Crippen molar-refractivity contribution >= 4 is 17.5 Å². The second-order valence-electron chi connectivity index (χ2n) is 4.35. The highest BCUT2D eigenvalue weighted by Crippen LogP contribution is 2.17. The van der Waals surface area contributed by atoms with E-state index in [1.807, 2.05) is 0 Å². The van der Waals surface area contributed by atoms with Gasteiger partial charge in [0.15, 0.2) is 0 Å². The summed E-state index contributed by atoms with van der Waals surface area (Å²) in [6, 6.07) is 4.17. The molecule has 2 rings (SSSR count). The van der Waals surface area contributed by atoms with E-state index in [2.05, 4.69) is 11.8 Å². The van der Waals surface area contributed by atoms with Gasteiger partial charge in [0.2, 0.25) is 0 Å². The topological polar surface area (TPSA) is 23.6 Å². The van der Waals surface area contributed by atoms with Crippen molar-refractivity contribution < 1.29 is 9.18 Å². The molecule has 5 heteroatoms. The summed E-state index contributed by atoms with van der Waals surface area (Å²) in [7, 11) is 0. The largest absolute Gasteiger partial charge is 0.336 e. The van der Waals surface area contributed by atoms with E-state index >= 15 is 0 Å². The van der Waals surface area contributed by atoms with Gasteiger partial charge >= 0.3 is 0 Å². The van der Waals surface area contributed by atoms with Gasteiger partial charge in [-0.3, -0.25) is 4.79 Å². The van der Waals surface area contributed by atoms with E-state index in [1.54, 1.807) is 11.0 Å². The zero-order valence-electron chi connectivity index (χ0n) is 10.3. The van der Waals surface area contributed by atoms with Gasteiger partial charge in [0.05, 0.1) is 5.56 Å². The molecule has 1 aromatic rings. The van der Waals surface area contributed by atoms with Crippen molar-refractivity contribution in [2.24, 2.45) is 0 Å². The second kappa shape index (κ2) is 5.67. The molecule has 0 radical (unpaired) electrons. The van der Waals surface area contributed by atoms with Crippen LogP contribution in [0.1, 0.15) is 17.3 Å². The van der Waals surface area contributed by atoms with Crippen molar-refractivity contribution in [1.29, 1.82) is 0 Å². The van der Waals surface area contributed by atoms with E-state index in [9.17, 15) is 9.18 Å². The van der Waals surface area contributed by atoms with E-state index < -0.39 is 5.82 Å². The minimum absolute atomic E-state index is 0.101. The van der Waals surface area contributed by atoms with E-state index in [0.717, 1.165) is 19.6 Å². The molecule has 0 N–H and O–H groups in total. The van der Waals surface area contributed by atoms with Crippen LogP contribution in [0.4, 0.5) is 4.39 Å². The molecule has 3 nitrogen and oxygen atoms in total. The fourth-order valence-corrected chi connectivity index (χ4v) is 2.26. The smallest absolute Gasteiger partial charge is 0.256 e. The van der Waals surface area contributed by atoms with E-state index in [4.69, 9.17) is 11.6 Å². The van der Waals surface area contributed by atoms with Gasteiger partial charge in [0.25, 0.3) is 5.91 Å². The summed E-state index contributed by atoms with van der Waals surface area (Å²) in [4.78, 5) is 16.1. The van der Waals surface area contributed by atoms with Crippen molar-refractivity contribution in [2.75, 3.05) is 32.7 Å². The highest BCUT2D eigenvalue weighted by molar-refractivity contribution is 6.30. The molecule has 0 saturated carbocycles. The van der Waals surface area contributed by atoms with Gasteiger partial charge in [0, 0.05) is 31.2 Å². The van der Waals surface area contributed by atoms with Crippen LogP contribution >= 0.6 is 11.6 Å². The lowest BCUT2D eigenvalue weighted by Crippen LogP contribution is -2.48. The van der Waals surface area contributed by atoms with Crippen LogP contribution in [0, 0.1) is 5.82 Å². The third-order valence-corrected chi connectivity index (χ3v) is 3.50. The number of amides is 1. The van der Waals surface area contributed by atoms with Gasteiger partial charge in [-0.05, 0) is 24.7 Å². The Morgan fingerprint density at radius 2 is 2.00 bits per heavy atom. The first kappa shape index (κ1) is 13.3. The van der Waals surface area contributed by atoms with Gasteiger partial charge in [-0.25, -0.2) is 4.39 Å². The number of nitrogens with zero attached hydrogens (tertiary/aromatic N) is 2. The molecule has 18 heavy (non-hydrogen) atoms. The molecular weight excluding hydrogens is 255 g/mol. The van der Waals surface area contributed by atoms with Crippen LogP contribution in [0.3, 0.4) is 0 Å². The van der Waals surface area contributed by atoms with Gasteiger partial charge < -0.3 is 9.80 Å². The highest BCUT2D eigenvalue weighted by Gasteiger charge is 2.23. The summed E-state index contributed by atoms with van der Waals surface area (Å²) >= 11 is 5.67. The van der Waals surface area contributed by atoms with Crippen molar-refractivity contribution in [3.63, 3.8) is 0 Å². The van der Waals surface area contributed by atoms with Crippen molar-refractivity contribution in [1.82, 2.24) is 9.80 Å². The SMILES string of the molecule is CCN1CCN(C(=O)c2ccc(Cl)cc2F)CC1. The Balaban J connectivity index is 2.08. The Labute approximate surface area is 111 Å². The number of benzene rings is 1. The van der Waals surface area contributed by atoms with Crippen LogP contribution in [0.25, 0.3) is 0 Å². The van der Waals surface area contributed by atoms with Crippen LogP contribution < -0.4 is 0 Å². The van der Waals surface area contributed by atoms with Crippen LogP contribution in [0.15, 0.2) is 18.2 Å². The maximum atomic E-state index is 13.7. The number of hydrogen-bond acceptors (Lipinski definition) is 2. The summed E-state index contributed by atoms with van der Waals surface area (Å²) in [6.45, 7) is 6.06. The molecule has 1 saturated heterocycles. The lowest BCUT2D eigenvalue weighted by Gasteiger charge is -2.34. The lowest BCUT2D eigenvalue weighted by atomic mass is 10.1. The Kier molecular flexibility index (Phi) is 4.19.